The fourth-order valence-electron chi connectivity index (χ4n) is 3.05. The van der Waals surface area contributed by atoms with Crippen LogP contribution in [0.3, 0.4) is 0 Å². The normalized spacial score (nSPS) is 10.2. The van der Waals surface area contributed by atoms with Gasteiger partial charge in [0.1, 0.15) is 5.69 Å². The number of aryl methyl sites for hydroxylation is 1. The molecule has 4 rings (SSSR count). The molecule has 0 aliphatic carbocycles. The van der Waals surface area contributed by atoms with Gasteiger partial charge in [-0.3, -0.25) is 10.9 Å². The van der Waals surface area contributed by atoms with E-state index >= 15 is 0 Å². The standard InChI is InChI=1S/C25H24N4/c1-20-17-18-25(24(19-20)26-21-11-5-2-6-12-21)29(27-22-13-7-3-8-14-22)28-23-15-9-4-10-16-23/h2-19,26-28H,1H3. The number of rotatable bonds is 7. The summed E-state index contributed by atoms with van der Waals surface area (Å²) in [5, 5.41) is 5.48. The van der Waals surface area contributed by atoms with Gasteiger partial charge in [0.2, 0.25) is 0 Å². The molecule has 0 unspecified atom stereocenters. The van der Waals surface area contributed by atoms with E-state index in [-0.39, 0.29) is 0 Å². The van der Waals surface area contributed by atoms with Crippen LogP contribution < -0.4 is 21.3 Å². The Bertz CT molecular complexity index is 993. The zero-order chi connectivity index (χ0) is 19.9. The molecule has 0 spiro atoms. The van der Waals surface area contributed by atoms with Gasteiger partial charge in [-0.2, -0.15) is 5.12 Å². The van der Waals surface area contributed by atoms with Crippen molar-refractivity contribution in [1.82, 2.24) is 0 Å². The molecule has 0 amide bonds. The van der Waals surface area contributed by atoms with Crippen LogP contribution in [0.5, 0.6) is 0 Å². The lowest BCUT2D eigenvalue weighted by atomic mass is 10.2. The first kappa shape index (κ1) is 18.4. The molecule has 0 aromatic heterocycles. The van der Waals surface area contributed by atoms with E-state index in [1.165, 1.54) is 5.56 Å². The molecule has 0 radical (unpaired) electrons. The van der Waals surface area contributed by atoms with Gasteiger partial charge in [0.25, 0.3) is 0 Å². The van der Waals surface area contributed by atoms with Gasteiger partial charge in [0, 0.05) is 5.69 Å². The van der Waals surface area contributed by atoms with Crippen LogP contribution in [0.25, 0.3) is 0 Å². The summed E-state index contributed by atoms with van der Waals surface area (Å²) in [6, 6.07) is 36.8. The van der Waals surface area contributed by atoms with Gasteiger partial charge in [-0.1, -0.05) is 60.7 Å². The van der Waals surface area contributed by atoms with Gasteiger partial charge in [0.15, 0.2) is 0 Å². The van der Waals surface area contributed by atoms with E-state index in [0.717, 1.165) is 28.4 Å². The first-order chi connectivity index (χ1) is 14.3. The molecule has 0 aliphatic rings. The Hall–Kier alpha value is -3.92. The molecule has 29 heavy (non-hydrogen) atoms. The molecular formula is C25H24N4. The summed E-state index contributed by atoms with van der Waals surface area (Å²) in [5.41, 5.74) is 13.1. The summed E-state index contributed by atoms with van der Waals surface area (Å²) in [7, 11) is 0. The second-order valence-corrected chi connectivity index (χ2v) is 6.80. The van der Waals surface area contributed by atoms with Crippen LogP contribution in [0.4, 0.5) is 28.4 Å². The molecule has 4 nitrogen and oxygen atoms in total. The molecule has 0 atom stereocenters. The van der Waals surface area contributed by atoms with Crippen molar-refractivity contribution in [3.8, 4) is 0 Å². The highest BCUT2D eigenvalue weighted by molar-refractivity contribution is 5.78. The Labute approximate surface area is 171 Å². The van der Waals surface area contributed by atoms with Crippen LogP contribution in [0.15, 0.2) is 109 Å². The van der Waals surface area contributed by atoms with Crippen molar-refractivity contribution < 1.29 is 0 Å². The van der Waals surface area contributed by atoms with E-state index < -0.39 is 0 Å². The molecule has 0 saturated heterocycles. The van der Waals surface area contributed by atoms with Gasteiger partial charge in [-0.05, 0) is 61.0 Å². The molecular weight excluding hydrogens is 356 g/mol. The quantitative estimate of drug-likeness (QED) is 0.316. The summed E-state index contributed by atoms with van der Waals surface area (Å²) in [4.78, 5) is 0. The number of anilines is 5. The van der Waals surface area contributed by atoms with Gasteiger partial charge >= 0.3 is 0 Å². The second-order valence-electron chi connectivity index (χ2n) is 6.80. The van der Waals surface area contributed by atoms with E-state index in [1.54, 1.807) is 0 Å². The maximum Gasteiger partial charge on any atom is 0.105 e. The topological polar surface area (TPSA) is 39.3 Å². The van der Waals surface area contributed by atoms with E-state index in [2.05, 4.69) is 53.4 Å². The van der Waals surface area contributed by atoms with Crippen molar-refractivity contribution in [3.63, 3.8) is 0 Å². The van der Waals surface area contributed by atoms with Gasteiger partial charge in [-0.25, -0.2) is 0 Å². The smallest absolute Gasteiger partial charge is 0.105 e. The minimum Gasteiger partial charge on any atom is -0.354 e. The summed E-state index contributed by atoms with van der Waals surface area (Å²) in [5.74, 6) is 0. The first-order valence-electron chi connectivity index (χ1n) is 9.64. The largest absolute Gasteiger partial charge is 0.354 e. The van der Waals surface area contributed by atoms with Crippen LogP contribution in [-0.2, 0) is 0 Å². The van der Waals surface area contributed by atoms with Gasteiger partial charge in [0.05, 0.1) is 17.1 Å². The average Bonchev–Trinajstić information content (AvgIpc) is 2.76. The fourth-order valence-corrected chi connectivity index (χ4v) is 3.05. The Morgan fingerprint density at radius 3 is 1.55 bits per heavy atom. The molecule has 0 fully saturated rings. The van der Waals surface area contributed by atoms with Crippen LogP contribution in [-0.4, -0.2) is 0 Å². The van der Waals surface area contributed by atoms with Crippen molar-refractivity contribution in [2.45, 2.75) is 6.92 Å². The van der Waals surface area contributed by atoms with Gasteiger partial charge < -0.3 is 5.32 Å². The SMILES string of the molecule is Cc1ccc(N(Nc2ccccc2)Nc2ccccc2)c(Nc2ccccc2)c1. The van der Waals surface area contributed by atoms with E-state index in [0.29, 0.717) is 0 Å². The lowest BCUT2D eigenvalue weighted by molar-refractivity contribution is 1.06. The van der Waals surface area contributed by atoms with Crippen LogP contribution in [0.2, 0.25) is 0 Å². The zero-order valence-corrected chi connectivity index (χ0v) is 16.3. The average molecular weight is 380 g/mol. The predicted octanol–water partition coefficient (Wildman–Crippen LogP) is 6.60. The number of hydrogen-bond acceptors (Lipinski definition) is 4. The highest BCUT2D eigenvalue weighted by atomic mass is 15.7. The van der Waals surface area contributed by atoms with Crippen molar-refractivity contribution in [2.75, 3.05) is 21.3 Å². The maximum atomic E-state index is 3.54. The third kappa shape index (κ3) is 4.87. The van der Waals surface area contributed by atoms with Crippen LogP contribution >= 0.6 is 0 Å². The lowest BCUT2D eigenvalue weighted by Crippen LogP contribution is -2.36. The summed E-state index contributed by atoms with van der Waals surface area (Å²) in [6.07, 6.45) is 0. The first-order valence-corrected chi connectivity index (χ1v) is 9.64. The highest BCUT2D eigenvalue weighted by Gasteiger charge is 2.13. The Balaban J connectivity index is 1.71. The van der Waals surface area contributed by atoms with Crippen molar-refractivity contribution in [1.29, 1.82) is 0 Å². The predicted molar refractivity (Wildman–Crippen MR) is 124 cm³/mol. The number of para-hydroxylation sites is 3. The number of nitrogens with one attached hydrogen (secondary N) is 3. The van der Waals surface area contributed by atoms with Crippen molar-refractivity contribution in [3.05, 3.63) is 115 Å². The minimum atomic E-state index is 0.979. The van der Waals surface area contributed by atoms with Crippen molar-refractivity contribution in [2.24, 2.45) is 0 Å². The summed E-state index contributed by atoms with van der Waals surface area (Å²) < 4.78 is 0. The highest BCUT2D eigenvalue weighted by Crippen LogP contribution is 2.31. The molecule has 0 saturated carbocycles. The molecule has 4 heteroatoms. The lowest BCUT2D eigenvalue weighted by Gasteiger charge is -2.30. The Kier molecular flexibility index (Phi) is 5.63. The number of benzene rings is 4. The second kappa shape index (κ2) is 8.85. The van der Waals surface area contributed by atoms with Gasteiger partial charge in [-0.15, -0.1) is 0 Å². The molecule has 4 aromatic rings. The van der Waals surface area contributed by atoms with E-state index in [4.69, 9.17) is 0 Å². The molecule has 3 N–H and O–H groups in total. The Morgan fingerprint density at radius 2 is 1.03 bits per heavy atom. The Morgan fingerprint density at radius 1 is 0.552 bits per heavy atom. The minimum absolute atomic E-state index is 0.979. The summed E-state index contributed by atoms with van der Waals surface area (Å²) >= 11 is 0. The van der Waals surface area contributed by atoms with E-state index in [1.807, 2.05) is 84.0 Å². The third-order valence-corrected chi connectivity index (χ3v) is 4.48. The summed E-state index contributed by atoms with van der Waals surface area (Å²) in [6.45, 7) is 2.10. The number of nitrogens with zero attached hydrogens (tertiary/aromatic N) is 1. The number of hydrazine groups is 2. The van der Waals surface area contributed by atoms with Crippen LogP contribution in [0.1, 0.15) is 5.56 Å². The maximum absolute atomic E-state index is 3.54. The molecule has 4 aromatic carbocycles. The monoisotopic (exact) mass is 380 g/mol. The molecule has 0 aliphatic heterocycles. The van der Waals surface area contributed by atoms with E-state index in [9.17, 15) is 0 Å². The zero-order valence-electron chi connectivity index (χ0n) is 16.3. The fraction of sp³-hybridized carbons (Fsp3) is 0.0400. The van der Waals surface area contributed by atoms with Crippen LogP contribution in [0, 0.1) is 6.92 Å². The van der Waals surface area contributed by atoms with Crippen molar-refractivity contribution >= 4 is 28.4 Å². The molecule has 144 valence electrons. The molecule has 0 heterocycles. The molecule has 0 bridgehead atoms. The number of hydrogen-bond donors (Lipinski definition) is 3. The third-order valence-electron chi connectivity index (χ3n) is 4.48.